The van der Waals surface area contributed by atoms with Crippen molar-refractivity contribution in [3.8, 4) is 22.3 Å². The fraction of sp³-hybridized carbons (Fsp3) is 0.244. The van der Waals surface area contributed by atoms with Crippen molar-refractivity contribution in [2.45, 2.75) is 129 Å². The lowest BCUT2D eigenvalue weighted by atomic mass is 9.36. The van der Waals surface area contributed by atoms with Gasteiger partial charge in [-0.15, -0.1) is 11.3 Å². The van der Waals surface area contributed by atoms with Gasteiger partial charge in [0, 0.05) is 65.3 Å². The lowest BCUT2D eigenvalue weighted by molar-refractivity contribution is 0.332. The molecule has 0 saturated heterocycles. The standard InChI is InChI=1S/C82H76BN3OS/c1-78(2,3)54-33-40-73-61(47-54)75-77(88-73)83-66-39-36-57(84(67-30-20-18-27-58(67)52-25-16-13-17-26-52)55-34-37-62-64(48-55)81(8,9)43-41-79(62,4)5)50-69(66)86(68-31-22-29-60-59-28-19-21-32-72(59)87-76(60)68)71-46-53(51-23-14-12-15-24-51)45-70(74(71)83)85(75)56-35-38-63-65(49-56)82(10,11)44-42-80(63,6)7/h12-40,45-50H,41-44H2,1-11H3/i12D,14D,15D,23D,24D. The summed E-state index contributed by atoms with van der Waals surface area (Å²) in [4.78, 5) is 7.32. The molecule has 0 atom stereocenters. The van der Waals surface area contributed by atoms with Crippen molar-refractivity contribution in [2.75, 3.05) is 14.7 Å². The maximum absolute atomic E-state index is 9.78. The Morgan fingerprint density at radius 1 is 0.500 bits per heavy atom. The predicted octanol–water partition coefficient (Wildman–Crippen LogP) is 21.7. The number of fused-ring (bicyclic) bond motifs is 11. The first-order valence-corrected chi connectivity index (χ1v) is 32.3. The first-order valence-electron chi connectivity index (χ1n) is 34.0. The molecule has 0 unspecified atom stereocenters. The minimum absolute atomic E-state index is 0.00314. The molecule has 0 bridgehead atoms. The van der Waals surface area contributed by atoms with Crippen LogP contribution in [0.15, 0.2) is 217 Å². The zero-order chi connectivity index (χ0) is 64.7. The fourth-order valence-electron chi connectivity index (χ4n) is 15.4. The van der Waals surface area contributed by atoms with Gasteiger partial charge >= 0.3 is 0 Å². The van der Waals surface area contributed by atoms with Crippen molar-refractivity contribution in [3.05, 3.63) is 240 Å². The number of thiophene rings is 1. The minimum atomic E-state index is -0.428. The summed E-state index contributed by atoms with van der Waals surface area (Å²) in [5.74, 6) is 0. The quantitative estimate of drug-likeness (QED) is 0.148. The normalized spacial score (nSPS) is 17.5. The third-order valence-corrected chi connectivity index (χ3v) is 21.8. The third kappa shape index (κ3) is 8.44. The van der Waals surface area contributed by atoms with E-state index in [2.05, 4.69) is 261 Å². The van der Waals surface area contributed by atoms with E-state index in [0.717, 1.165) is 121 Å². The average Bonchev–Trinajstić information content (AvgIpc) is 1.68. The zero-order valence-electron chi connectivity index (χ0n) is 57.4. The molecule has 0 amide bonds. The molecule has 2 aliphatic heterocycles. The van der Waals surface area contributed by atoms with Gasteiger partial charge in [-0.25, -0.2) is 0 Å². The zero-order valence-corrected chi connectivity index (χ0v) is 53.2. The van der Waals surface area contributed by atoms with E-state index >= 15 is 0 Å². The summed E-state index contributed by atoms with van der Waals surface area (Å²) >= 11 is 1.86. The average molecular weight is 1170 g/mol. The molecule has 0 saturated carbocycles. The highest BCUT2D eigenvalue weighted by atomic mass is 32.1. The lowest BCUT2D eigenvalue weighted by Crippen LogP contribution is -2.60. The second kappa shape index (κ2) is 19.5. The molecule has 12 aromatic rings. The molecule has 2 aliphatic carbocycles. The van der Waals surface area contributed by atoms with Crippen LogP contribution in [0.4, 0.5) is 51.2 Å². The van der Waals surface area contributed by atoms with Gasteiger partial charge < -0.3 is 19.1 Å². The molecule has 2 aromatic heterocycles. The Hall–Kier alpha value is -8.58. The van der Waals surface area contributed by atoms with E-state index in [1.807, 2.05) is 23.5 Å². The predicted molar refractivity (Wildman–Crippen MR) is 378 cm³/mol. The van der Waals surface area contributed by atoms with E-state index < -0.39 is 6.04 Å². The number of anilines is 9. The number of nitrogens with zero attached hydrogens (tertiary/aromatic N) is 3. The van der Waals surface area contributed by atoms with E-state index in [9.17, 15) is 5.48 Å². The molecule has 0 radical (unpaired) electrons. The van der Waals surface area contributed by atoms with Gasteiger partial charge in [-0.2, -0.15) is 0 Å². The monoisotopic (exact) mass is 1170 g/mol. The molecule has 6 heteroatoms. The van der Waals surface area contributed by atoms with Gasteiger partial charge in [0.25, 0.3) is 6.71 Å². The van der Waals surface area contributed by atoms with Crippen LogP contribution >= 0.6 is 11.3 Å². The van der Waals surface area contributed by atoms with Crippen LogP contribution in [0.2, 0.25) is 0 Å². The molecule has 0 fully saturated rings. The number of para-hydroxylation sites is 3. The largest absolute Gasteiger partial charge is 0.454 e. The number of furan rings is 1. The lowest BCUT2D eigenvalue weighted by Gasteiger charge is -2.45. The highest BCUT2D eigenvalue weighted by Crippen LogP contribution is 2.55. The summed E-state index contributed by atoms with van der Waals surface area (Å²) in [6.07, 6.45) is 4.30. The molecule has 16 rings (SSSR count). The van der Waals surface area contributed by atoms with Crippen LogP contribution in [0, 0.1) is 0 Å². The van der Waals surface area contributed by atoms with Crippen molar-refractivity contribution >= 4 is 117 Å². The number of rotatable bonds is 7. The maximum atomic E-state index is 9.78. The summed E-state index contributed by atoms with van der Waals surface area (Å²) in [6.45, 7) is 25.6. The van der Waals surface area contributed by atoms with Gasteiger partial charge in [0.15, 0.2) is 5.58 Å². The second-order valence-corrected chi connectivity index (χ2v) is 30.1. The van der Waals surface area contributed by atoms with Crippen LogP contribution in [-0.4, -0.2) is 6.71 Å². The van der Waals surface area contributed by atoms with Crippen molar-refractivity contribution in [2.24, 2.45) is 0 Å². The molecule has 0 spiro atoms. The molecule has 88 heavy (non-hydrogen) atoms. The first kappa shape index (κ1) is 49.4. The highest BCUT2D eigenvalue weighted by molar-refractivity contribution is 7.33. The summed E-state index contributed by atoms with van der Waals surface area (Å²) in [7, 11) is 0. The Kier molecular flexibility index (Phi) is 10.9. The number of hydrogen-bond acceptors (Lipinski definition) is 5. The topological polar surface area (TPSA) is 22.9 Å². The summed E-state index contributed by atoms with van der Waals surface area (Å²) < 4.78 is 56.4. The van der Waals surface area contributed by atoms with Crippen LogP contribution < -0.4 is 30.4 Å². The van der Waals surface area contributed by atoms with Crippen LogP contribution in [0.5, 0.6) is 0 Å². The van der Waals surface area contributed by atoms with Gasteiger partial charge in [0.1, 0.15) is 5.58 Å². The Morgan fingerprint density at radius 3 is 1.86 bits per heavy atom. The van der Waals surface area contributed by atoms with Crippen molar-refractivity contribution in [1.29, 1.82) is 0 Å². The van der Waals surface area contributed by atoms with E-state index in [1.165, 1.54) is 37.3 Å². The van der Waals surface area contributed by atoms with Crippen LogP contribution in [0.3, 0.4) is 0 Å². The molecular weight excluding hydrogens is 1090 g/mol. The molecule has 4 nitrogen and oxygen atoms in total. The maximum Gasteiger partial charge on any atom is 0.264 e. The van der Waals surface area contributed by atoms with E-state index in [-0.39, 0.29) is 63.5 Å². The Balaban J connectivity index is 1.06. The van der Waals surface area contributed by atoms with E-state index in [4.69, 9.17) is 5.79 Å². The molecule has 4 aliphatic rings. The van der Waals surface area contributed by atoms with Gasteiger partial charge in [0.05, 0.1) is 23.9 Å². The van der Waals surface area contributed by atoms with E-state index in [0.29, 0.717) is 11.1 Å². The van der Waals surface area contributed by atoms with Crippen molar-refractivity contribution < 1.29 is 11.3 Å². The second-order valence-electron chi connectivity index (χ2n) is 29.0. The highest BCUT2D eigenvalue weighted by Gasteiger charge is 2.48. The molecule has 10 aromatic carbocycles. The molecular formula is C82H76BN3OS. The van der Waals surface area contributed by atoms with Gasteiger partial charge in [-0.05, 0) is 187 Å². The third-order valence-electron chi connectivity index (χ3n) is 20.6. The SMILES string of the molecule is [2H]c1c([2H])c([2H])c(-c2cc3c4c(c2)N(c2cccc5c2oc2ccccc25)c2cc(N(c5ccc6c(c5)C(C)(C)CCC6(C)C)c5ccccc5-c5ccccc5)ccc2B4c2sc4ccc(C(C)(C)C)cc4c2N3c2ccc3c(c2)C(C)(C)CCC3(C)C)c([2H])c1[2H]. The van der Waals surface area contributed by atoms with Gasteiger partial charge in [0.2, 0.25) is 0 Å². The van der Waals surface area contributed by atoms with Gasteiger partial charge in [-0.3, -0.25) is 0 Å². The molecule has 434 valence electrons. The van der Waals surface area contributed by atoms with Crippen LogP contribution in [-0.2, 0) is 27.1 Å². The Bertz CT molecular complexity index is 5120. The molecule has 0 N–H and O–H groups in total. The summed E-state index contributed by atoms with van der Waals surface area (Å²) in [6, 6.07) is 65.2. The van der Waals surface area contributed by atoms with Gasteiger partial charge in [-0.1, -0.05) is 210 Å². The summed E-state index contributed by atoms with van der Waals surface area (Å²) in [5, 5.41) is 3.12. The smallest absolute Gasteiger partial charge is 0.264 e. The summed E-state index contributed by atoms with van der Waals surface area (Å²) in [5.41, 5.74) is 21.4. The van der Waals surface area contributed by atoms with E-state index in [1.54, 1.807) is 0 Å². The van der Waals surface area contributed by atoms with Crippen LogP contribution in [0.25, 0.3) is 54.3 Å². The fourth-order valence-corrected chi connectivity index (χ4v) is 16.7. The minimum Gasteiger partial charge on any atom is -0.454 e. The van der Waals surface area contributed by atoms with Crippen LogP contribution in [0.1, 0.15) is 137 Å². The van der Waals surface area contributed by atoms with Crippen molar-refractivity contribution in [1.82, 2.24) is 0 Å². The first-order chi connectivity index (χ1) is 44.3. The van der Waals surface area contributed by atoms with Crippen molar-refractivity contribution in [3.63, 3.8) is 0 Å². The number of hydrogen-bond donors (Lipinski definition) is 0. The Morgan fingerprint density at radius 2 is 1.12 bits per heavy atom. The number of benzene rings is 10. The Labute approximate surface area is 531 Å². The molecule has 4 heterocycles.